The van der Waals surface area contributed by atoms with E-state index in [1.807, 2.05) is 0 Å². The van der Waals surface area contributed by atoms with Gasteiger partial charge in [-0.1, -0.05) is 43.1 Å². The molecule has 0 radical (unpaired) electrons. The summed E-state index contributed by atoms with van der Waals surface area (Å²) < 4.78 is 5.95. The van der Waals surface area contributed by atoms with Crippen LogP contribution in [-0.4, -0.2) is 28.9 Å². The number of carbonyl (C=O) groups is 1. The number of nitrogens with zero attached hydrogens (tertiary/aromatic N) is 1. The fourth-order valence-electron chi connectivity index (χ4n) is 4.37. The lowest BCUT2D eigenvalue weighted by Crippen LogP contribution is -2.38. The fraction of sp³-hybridized carbons (Fsp3) is 0.348. The summed E-state index contributed by atoms with van der Waals surface area (Å²) >= 11 is 12.5. The highest BCUT2D eigenvalue weighted by Gasteiger charge is 2.33. The summed E-state index contributed by atoms with van der Waals surface area (Å²) in [5.41, 5.74) is 1.63. The number of hydrogen-bond acceptors (Lipinski definition) is 4. The second kappa shape index (κ2) is 8.02. The van der Waals surface area contributed by atoms with Crippen molar-refractivity contribution in [2.24, 2.45) is 11.8 Å². The van der Waals surface area contributed by atoms with Crippen molar-refractivity contribution in [1.82, 2.24) is 4.90 Å². The van der Waals surface area contributed by atoms with E-state index < -0.39 is 0 Å². The highest BCUT2D eigenvalue weighted by molar-refractivity contribution is 6.37. The third kappa shape index (κ3) is 4.02. The molecule has 2 aliphatic rings. The first-order valence-electron chi connectivity index (χ1n) is 9.79. The van der Waals surface area contributed by atoms with E-state index in [-0.39, 0.29) is 17.3 Å². The molecule has 152 valence electrons. The molecule has 0 aliphatic carbocycles. The van der Waals surface area contributed by atoms with Crippen molar-refractivity contribution in [3.8, 4) is 11.5 Å². The average molecular weight is 432 g/mol. The Kier molecular flexibility index (Phi) is 5.60. The number of carbonyl (C=O) groups excluding carboxylic acids is 1. The number of halogens is 2. The molecule has 1 fully saturated rings. The van der Waals surface area contributed by atoms with Gasteiger partial charge >= 0.3 is 0 Å². The van der Waals surface area contributed by atoms with Crippen LogP contribution in [0.2, 0.25) is 10.0 Å². The van der Waals surface area contributed by atoms with Gasteiger partial charge in [0.1, 0.15) is 11.5 Å². The number of benzene rings is 2. The number of ether oxygens (including phenoxy) is 1. The van der Waals surface area contributed by atoms with Gasteiger partial charge < -0.3 is 9.84 Å². The zero-order chi connectivity index (χ0) is 20.7. The van der Waals surface area contributed by atoms with E-state index in [0.29, 0.717) is 50.9 Å². The minimum absolute atomic E-state index is 0.138. The molecule has 1 N–H and O–H groups in total. The first-order chi connectivity index (χ1) is 13.8. The fourth-order valence-corrected chi connectivity index (χ4v) is 4.88. The molecule has 2 aliphatic heterocycles. The summed E-state index contributed by atoms with van der Waals surface area (Å²) in [4.78, 5) is 15.2. The molecule has 2 aromatic carbocycles. The highest BCUT2D eigenvalue weighted by atomic mass is 35.5. The third-order valence-corrected chi connectivity index (χ3v) is 6.18. The molecule has 2 unspecified atom stereocenters. The minimum Gasteiger partial charge on any atom is -0.507 e. The Bertz CT molecular complexity index is 972. The summed E-state index contributed by atoms with van der Waals surface area (Å²) in [5.74, 6) is 1.67. The van der Waals surface area contributed by atoms with Crippen LogP contribution >= 0.6 is 23.2 Å². The zero-order valence-electron chi connectivity index (χ0n) is 16.4. The van der Waals surface area contributed by atoms with Crippen molar-refractivity contribution in [3.63, 3.8) is 0 Å². The van der Waals surface area contributed by atoms with Crippen molar-refractivity contribution >= 4 is 35.1 Å². The summed E-state index contributed by atoms with van der Waals surface area (Å²) in [6.45, 7) is 6.94. The predicted octanol–water partition coefficient (Wildman–Crippen LogP) is 5.79. The van der Waals surface area contributed by atoms with Gasteiger partial charge in [0.2, 0.25) is 5.78 Å². The Labute approximate surface area is 180 Å². The van der Waals surface area contributed by atoms with Crippen LogP contribution in [0, 0.1) is 11.8 Å². The number of rotatable bonds is 3. The number of allylic oxidation sites excluding steroid dienone is 1. The maximum Gasteiger partial charge on any atom is 0.231 e. The maximum atomic E-state index is 12.9. The number of aromatic hydroxyl groups is 1. The Morgan fingerprint density at radius 3 is 2.45 bits per heavy atom. The third-order valence-electron chi connectivity index (χ3n) is 5.52. The van der Waals surface area contributed by atoms with E-state index in [9.17, 15) is 9.90 Å². The van der Waals surface area contributed by atoms with E-state index in [4.69, 9.17) is 27.9 Å². The second-order valence-electron chi connectivity index (χ2n) is 8.16. The maximum absolute atomic E-state index is 12.9. The minimum atomic E-state index is -0.238. The summed E-state index contributed by atoms with van der Waals surface area (Å²) in [7, 11) is 0. The molecule has 0 spiro atoms. The van der Waals surface area contributed by atoms with E-state index in [1.54, 1.807) is 36.4 Å². The standard InChI is InChI=1S/C23H23Cl2NO3/c1-13-8-14(2)11-26(10-13)12-17-20(27)7-6-15-22(28)21(29-23(15)17)9-16-18(24)4-3-5-19(16)25/h3-7,9,13-14,27H,8,10-12H2,1-2H3/b21-9+. The molecule has 2 heterocycles. The lowest BCUT2D eigenvalue weighted by Gasteiger charge is -2.35. The van der Waals surface area contributed by atoms with Crippen LogP contribution in [0.3, 0.4) is 0 Å². The number of ketones is 1. The van der Waals surface area contributed by atoms with Gasteiger partial charge in [-0.05, 0) is 48.6 Å². The Hall–Kier alpha value is -2.01. The molecule has 6 heteroatoms. The molecule has 0 bridgehead atoms. The van der Waals surface area contributed by atoms with Gasteiger partial charge in [0.05, 0.1) is 11.1 Å². The van der Waals surface area contributed by atoms with Gasteiger partial charge in [0, 0.05) is 35.2 Å². The Balaban J connectivity index is 1.67. The second-order valence-corrected chi connectivity index (χ2v) is 8.97. The van der Waals surface area contributed by atoms with Crippen LogP contribution in [0.5, 0.6) is 11.5 Å². The van der Waals surface area contributed by atoms with Crippen LogP contribution in [0.15, 0.2) is 36.1 Å². The van der Waals surface area contributed by atoms with Gasteiger partial charge in [-0.25, -0.2) is 0 Å². The number of fused-ring (bicyclic) bond motifs is 1. The molecule has 0 saturated carbocycles. The molecule has 0 aromatic heterocycles. The number of phenolic OH excluding ortho intramolecular Hbond substituents is 1. The van der Waals surface area contributed by atoms with Crippen molar-refractivity contribution in [3.05, 3.63) is 62.8 Å². The molecule has 2 atom stereocenters. The largest absolute Gasteiger partial charge is 0.507 e. The van der Waals surface area contributed by atoms with E-state index in [1.165, 1.54) is 6.42 Å². The predicted molar refractivity (Wildman–Crippen MR) is 116 cm³/mol. The van der Waals surface area contributed by atoms with Crippen LogP contribution < -0.4 is 4.74 Å². The quantitative estimate of drug-likeness (QED) is 0.624. The Morgan fingerprint density at radius 1 is 1.14 bits per heavy atom. The lowest BCUT2D eigenvalue weighted by molar-refractivity contribution is 0.101. The summed E-state index contributed by atoms with van der Waals surface area (Å²) in [6, 6.07) is 8.34. The van der Waals surface area contributed by atoms with Crippen molar-refractivity contribution in [2.75, 3.05) is 13.1 Å². The smallest absolute Gasteiger partial charge is 0.231 e. The van der Waals surface area contributed by atoms with Crippen LogP contribution in [0.4, 0.5) is 0 Å². The van der Waals surface area contributed by atoms with E-state index >= 15 is 0 Å². The van der Waals surface area contributed by atoms with Crippen molar-refractivity contribution in [2.45, 2.75) is 26.8 Å². The number of Topliss-reactive ketones (excluding diaryl/α,β-unsaturated/α-hetero) is 1. The molecular formula is C23H23Cl2NO3. The van der Waals surface area contributed by atoms with Gasteiger partial charge in [-0.15, -0.1) is 0 Å². The van der Waals surface area contributed by atoms with Crippen LogP contribution in [0.1, 0.15) is 41.8 Å². The number of likely N-dealkylation sites (tertiary alicyclic amines) is 1. The summed E-state index contributed by atoms with van der Waals surface area (Å²) in [6.07, 6.45) is 2.77. The van der Waals surface area contributed by atoms with Crippen LogP contribution in [-0.2, 0) is 6.54 Å². The number of hydrogen-bond donors (Lipinski definition) is 1. The van der Waals surface area contributed by atoms with Crippen molar-refractivity contribution < 1.29 is 14.6 Å². The normalized spacial score (nSPS) is 23.3. The number of phenols is 1. The molecule has 0 amide bonds. The molecular weight excluding hydrogens is 409 g/mol. The van der Waals surface area contributed by atoms with Gasteiger partial charge in [-0.2, -0.15) is 0 Å². The summed E-state index contributed by atoms with van der Waals surface area (Å²) in [5, 5.41) is 11.4. The highest BCUT2D eigenvalue weighted by Crippen LogP contribution is 2.41. The van der Waals surface area contributed by atoms with Crippen LogP contribution in [0.25, 0.3) is 6.08 Å². The van der Waals surface area contributed by atoms with Crippen molar-refractivity contribution in [1.29, 1.82) is 0 Å². The molecule has 4 nitrogen and oxygen atoms in total. The number of piperidine rings is 1. The topological polar surface area (TPSA) is 49.8 Å². The van der Waals surface area contributed by atoms with E-state index in [0.717, 1.165) is 13.1 Å². The molecule has 1 saturated heterocycles. The first kappa shape index (κ1) is 20.3. The van der Waals surface area contributed by atoms with Gasteiger partial charge in [-0.3, -0.25) is 9.69 Å². The SMILES string of the molecule is CC1CC(C)CN(Cc2c(O)ccc3c2O/C(=C/c2c(Cl)cccc2Cl)C3=O)C1. The van der Waals surface area contributed by atoms with Gasteiger partial charge in [0.15, 0.2) is 5.76 Å². The molecule has 4 rings (SSSR count). The van der Waals surface area contributed by atoms with E-state index in [2.05, 4.69) is 18.7 Å². The zero-order valence-corrected chi connectivity index (χ0v) is 17.9. The molecule has 2 aromatic rings. The molecule has 29 heavy (non-hydrogen) atoms. The Morgan fingerprint density at radius 2 is 1.79 bits per heavy atom. The monoisotopic (exact) mass is 431 g/mol. The van der Waals surface area contributed by atoms with Gasteiger partial charge in [0.25, 0.3) is 0 Å². The first-order valence-corrected chi connectivity index (χ1v) is 10.5. The average Bonchev–Trinajstić information content (AvgIpc) is 2.96. The lowest BCUT2D eigenvalue weighted by atomic mass is 9.91.